The number of nitriles is 5. The highest BCUT2D eigenvalue weighted by Crippen LogP contribution is 2.43. The highest BCUT2D eigenvalue weighted by atomic mass is 15.0. The van der Waals surface area contributed by atoms with Crippen LogP contribution in [0.3, 0.4) is 0 Å². The molecular formula is C52H26N8. The van der Waals surface area contributed by atoms with Gasteiger partial charge in [0.15, 0.2) is 0 Å². The number of aromatic nitrogens is 3. The van der Waals surface area contributed by atoms with Crippen LogP contribution in [-0.2, 0) is 0 Å². The maximum Gasteiger partial charge on any atom is 0.0998 e. The van der Waals surface area contributed by atoms with Gasteiger partial charge in [-0.05, 0) is 101 Å². The van der Waals surface area contributed by atoms with E-state index >= 15 is 0 Å². The molecule has 0 atom stereocenters. The minimum atomic E-state index is 0.429. The smallest absolute Gasteiger partial charge is 0.0998 e. The molecule has 60 heavy (non-hydrogen) atoms. The summed E-state index contributed by atoms with van der Waals surface area (Å²) in [7, 11) is 0. The molecule has 8 heteroatoms. The Morgan fingerprint density at radius 1 is 0.367 bits per heavy atom. The first kappa shape index (κ1) is 35.2. The van der Waals surface area contributed by atoms with Crippen molar-refractivity contribution in [2.45, 2.75) is 0 Å². The van der Waals surface area contributed by atoms with E-state index in [1.807, 2.05) is 85.2 Å². The van der Waals surface area contributed by atoms with Gasteiger partial charge in [0.25, 0.3) is 0 Å². The van der Waals surface area contributed by atoms with Crippen LogP contribution in [0.4, 0.5) is 0 Å². The number of pyridine rings is 1. The lowest BCUT2D eigenvalue weighted by Gasteiger charge is -2.19. The Morgan fingerprint density at radius 3 is 1.23 bits per heavy atom. The molecule has 0 aliphatic carbocycles. The largest absolute Gasteiger partial charge is 0.307 e. The maximum absolute atomic E-state index is 10.0. The number of hydrogen-bond acceptors (Lipinski definition) is 6. The second-order valence-electron chi connectivity index (χ2n) is 14.4. The van der Waals surface area contributed by atoms with Gasteiger partial charge in [-0.25, -0.2) is 0 Å². The summed E-state index contributed by atoms with van der Waals surface area (Å²) < 4.78 is 4.45. The van der Waals surface area contributed by atoms with Crippen LogP contribution in [0, 0.1) is 56.7 Å². The third-order valence-electron chi connectivity index (χ3n) is 11.2. The molecule has 3 aromatic heterocycles. The van der Waals surface area contributed by atoms with Gasteiger partial charge in [-0.1, -0.05) is 72.8 Å². The van der Waals surface area contributed by atoms with Crippen LogP contribution in [0.2, 0.25) is 0 Å². The van der Waals surface area contributed by atoms with Crippen molar-refractivity contribution in [3.05, 3.63) is 186 Å². The van der Waals surface area contributed by atoms with Gasteiger partial charge in [0.1, 0.15) is 0 Å². The Morgan fingerprint density at radius 2 is 0.783 bits per heavy atom. The fraction of sp³-hybridized carbons (Fsp3) is 0. The normalized spacial score (nSPS) is 10.9. The van der Waals surface area contributed by atoms with Crippen molar-refractivity contribution in [2.75, 3.05) is 0 Å². The second-order valence-corrected chi connectivity index (χ2v) is 14.4. The van der Waals surface area contributed by atoms with Gasteiger partial charge in [-0.2, -0.15) is 26.3 Å². The van der Waals surface area contributed by atoms with Gasteiger partial charge < -0.3 is 9.13 Å². The molecule has 7 aromatic carbocycles. The van der Waals surface area contributed by atoms with Crippen molar-refractivity contribution in [1.29, 1.82) is 26.3 Å². The van der Waals surface area contributed by atoms with Crippen molar-refractivity contribution in [3.63, 3.8) is 0 Å². The molecule has 0 fully saturated rings. The molecule has 0 saturated carbocycles. The molecule has 274 valence electrons. The van der Waals surface area contributed by atoms with E-state index in [0.717, 1.165) is 88.4 Å². The lowest BCUT2D eigenvalue weighted by Crippen LogP contribution is -2.05. The van der Waals surface area contributed by atoms with E-state index in [0.29, 0.717) is 27.8 Å². The number of fused-ring (bicyclic) bond motifs is 6. The molecule has 0 bridgehead atoms. The number of nitrogens with zero attached hydrogens (tertiary/aromatic N) is 8. The molecule has 0 spiro atoms. The van der Waals surface area contributed by atoms with Crippen LogP contribution < -0.4 is 0 Å². The average Bonchev–Trinajstić information content (AvgIpc) is 3.82. The van der Waals surface area contributed by atoms with Crippen LogP contribution in [-0.4, -0.2) is 14.1 Å². The highest BCUT2D eigenvalue weighted by molar-refractivity contribution is 6.13. The summed E-state index contributed by atoms with van der Waals surface area (Å²) in [6.45, 7) is 0. The average molecular weight is 763 g/mol. The SMILES string of the molecule is N#Cc1ccc(-c2c(-n3c4ccccc4c4cc(-c5ccc(C#N)cc5C#N)ccc43)cncc2-n2c3ccccc3c3cc(-c4ccc(C#N)cc4C#N)ccc32)cc1. The second kappa shape index (κ2) is 14.0. The van der Waals surface area contributed by atoms with Crippen molar-refractivity contribution < 1.29 is 0 Å². The molecule has 3 heterocycles. The summed E-state index contributed by atoms with van der Waals surface area (Å²) in [6.07, 6.45) is 3.76. The molecule has 0 amide bonds. The van der Waals surface area contributed by atoms with E-state index in [9.17, 15) is 26.3 Å². The number of para-hydroxylation sites is 2. The minimum Gasteiger partial charge on any atom is -0.307 e. The Hall–Kier alpha value is -9.26. The summed E-state index contributed by atoms with van der Waals surface area (Å²) in [6, 6.07) is 57.8. The van der Waals surface area contributed by atoms with Crippen LogP contribution in [0.1, 0.15) is 27.8 Å². The Balaban J connectivity index is 1.26. The Bertz CT molecular complexity index is 3450. The van der Waals surface area contributed by atoms with Crippen LogP contribution in [0.15, 0.2) is 158 Å². The fourth-order valence-corrected chi connectivity index (χ4v) is 8.50. The Labute approximate surface area is 343 Å². The van der Waals surface area contributed by atoms with E-state index in [1.54, 1.807) is 24.3 Å². The number of rotatable bonds is 5. The van der Waals surface area contributed by atoms with E-state index in [4.69, 9.17) is 4.98 Å². The summed E-state index contributed by atoms with van der Waals surface area (Å²) in [5.74, 6) is 0. The first-order chi connectivity index (χ1) is 29.5. The summed E-state index contributed by atoms with van der Waals surface area (Å²) >= 11 is 0. The molecule has 0 aliphatic heterocycles. The van der Waals surface area contributed by atoms with Gasteiger partial charge in [0.2, 0.25) is 0 Å². The van der Waals surface area contributed by atoms with Gasteiger partial charge in [0, 0.05) is 27.1 Å². The summed E-state index contributed by atoms with van der Waals surface area (Å²) in [5.41, 5.74) is 12.7. The van der Waals surface area contributed by atoms with Crippen molar-refractivity contribution >= 4 is 43.6 Å². The molecule has 0 unspecified atom stereocenters. The fourth-order valence-electron chi connectivity index (χ4n) is 8.50. The van der Waals surface area contributed by atoms with E-state index in [2.05, 4.69) is 88.0 Å². The van der Waals surface area contributed by atoms with Crippen molar-refractivity contribution in [1.82, 2.24) is 14.1 Å². The topological polar surface area (TPSA) is 142 Å². The third-order valence-corrected chi connectivity index (χ3v) is 11.2. The van der Waals surface area contributed by atoms with Gasteiger partial charge in [-0.3, -0.25) is 4.98 Å². The predicted molar refractivity (Wildman–Crippen MR) is 233 cm³/mol. The zero-order valence-corrected chi connectivity index (χ0v) is 31.6. The van der Waals surface area contributed by atoms with Gasteiger partial charge in [0.05, 0.1) is 104 Å². The molecule has 0 saturated heterocycles. The zero-order chi connectivity index (χ0) is 40.9. The van der Waals surface area contributed by atoms with Crippen molar-refractivity contribution in [3.8, 4) is 75.1 Å². The first-order valence-electron chi connectivity index (χ1n) is 19.0. The first-order valence-corrected chi connectivity index (χ1v) is 19.0. The van der Waals surface area contributed by atoms with Crippen molar-refractivity contribution in [2.24, 2.45) is 0 Å². The number of benzene rings is 7. The quantitative estimate of drug-likeness (QED) is 0.171. The van der Waals surface area contributed by atoms with Crippen LogP contribution in [0.5, 0.6) is 0 Å². The monoisotopic (exact) mass is 762 g/mol. The van der Waals surface area contributed by atoms with Gasteiger partial charge >= 0.3 is 0 Å². The lowest BCUT2D eigenvalue weighted by molar-refractivity contribution is 1.09. The predicted octanol–water partition coefficient (Wildman–Crippen LogP) is 11.6. The van der Waals surface area contributed by atoms with E-state index in [-0.39, 0.29) is 0 Å². The molecule has 0 aliphatic rings. The standard InChI is InChI=1S/C52H26N8/c53-25-32-9-13-35(14-10-32)52-50(59-46-7-3-1-5-42(46)44-23-36(15-19-48(44)59)40-17-11-33(26-54)21-38(40)28-56)30-58-31-51(52)60-47-8-4-2-6-43(47)45-24-37(16-20-49(45)60)41-18-12-34(27-55)22-39(41)29-57/h1-24,30-31H. The summed E-state index contributed by atoms with van der Waals surface area (Å²) in [5, 5.41) is 52.8. The minimum absolute atomic E-state index is 0.429. The van der Waals surface area contributed by atoms with Crippen LogP contribution in [0.25, 0.3) is 88.4 Å². The molecule has 10 rings (SSSR count). The zero-order valence-electron chi connectivity index (χ0n) is 31.6. The lowest BCUT2D eigenvalue weighted by atomic mass is 9.97. The van der Waals surface area contributed by atoms with E-state index < -0.39 is 0 Å². The highest BCUT2D eigenvalue weighted by Gasteiger charge is 2.23. The number of hydrogen-bond donors (Lipinski definition) is 0. The third kappa shape index (κ3) is 5.45. The van der Waals surface area contributed by atoms with Gasteiger partial charge in [-0.15, -0.1) is 0 Å². The Kier molecular flexibility index (Phi) is 8.23. The molecule has 0 N–H and O–H groups in total. The van der Waals surface area contributed by atoms with E-state index in [1.165, 1.54) is 0 Å². The molecule has 0 radical (unpaired) electrons. The molecule has 8 nitrogen and oxygen atoms in total. The molecular weight excluding hydrogens is 737 g/mol. The molecule has 10 aromatic rings. The maximum atomic E-state index is 10.0. The summed E-state index contributed by atoms with van der Waals surface area (Å²) in [4.78, 5) is 4.93. The van der Waals surface area contributed by atoms with Crippen LogP contribution >= 0.6 is 0 Å².